The van der Waals surface area contributed by atoms with E-state index in [9.17, 15) is 10.2 Å². The molecule has 0 aromatic heterocycles. The van der Waals surface area contributed by atoms with Crippen molar-refractivity contribution in [2.75, 3.05) is 7.11 Å². The molecule has 0 spiro atoms. The van der Waals surface area contributed by atoms with Gasteiger partial charge in [0.05, 0.1) is 12.8 Å². The molecule has 5 nitrogen and oxygen atoms in total. The van der Waals surface area contributed by atoms with Gasteiger partial charge in [0, 0.05) is 18.1 Å². The fourth-order valence-electron chi connectivity index (χ4n) is 1.89. The van der Waals surface area contributed by atoms with E-state index in [4.69, 9.17) is 9.94 Å². The molecular weight excluding hydrogens is 258 g/mol. The highest BCUT2D eigenvalue weighted by atomic mass is 16.5. The van der Waals surface area contributed by atoms with Crippen LogP contribution in [-0.4, -0.2) is 28.2 Å². The number of ether oxygens (including phenoxy) is 1. The Bertz CT molecular complexity index is 620. The zero-order valence-corrected chi connectivity index (χ0v) is 10.9. The Morgan fingerprint density at radius 3 is 2.35 bits per heavy atom. The van der Waals surface area contributed by atoms with Crippen molar-refractivity contribution in [3.05, 3.63) is 53.6 Å². The number of hydrogen-bond acceptors (Lipinski definition) is 5. The average Bonchev–Trinajstić information content (AvgIpc) is 2.46. The molecule has 0 heterocycles. The molecule has 0 aliphatic rings. The Morgan fingerprint density at radius 2 is 1.80 bits per heavy atom. The van der Waals surface area contributed by atoms with E-state index < -0.39 is 0 Å². The zero-order valence-electron chi connectivity index (χ0n) is 10.9. The molecule has 3 N–H and O–H groups in total. The van der Waals surface area contributed by atoms with Crippen LogP contribution < -0.4 is 4.74 Å². The molecule has 0 aliphatic heterocycles. The van der Waals surface area contributed by atoms with E-state index in [0.29, 0.717) is 17.7 Å². The quantitative estimate of drug-likeness (QED) is 0.454. The van der Waals surface area contributed by atoms with E-state index in [1.165, 1.54) is 18.2 Å². The molecule has 2 aromatic carbocycles. The van der Waals surface area contributed by atoms with Crippen molar-refractivity contribution in [2.24, 2.45) is 5.16 Å². The lowest BCUT2D eigenvalue weighted by molar-refractivity contribution is 0.318. The average molecular weight is 273 g/mol. The Labute approximate surface area is 116 Å². The molecule has 0 saturated heterocycles. The van der Waals surface area contributed by atoms with Crippen LogP contribution >= 0.6 is 0 Å². The van der Waals surface area contributed by atoms with Crippen LogP contribution in [0.15, 0.2) is 47.6 Å². The first-order valence-electron chi connectivity index (χ1n) is 6.00. The second-order valence-corrected chi connectivity index (χ2v) is 4.27. The first kappa shape index (κ1) is 13.7. The van der Waals surface area contributed by atoms with Crippen LogP contribution in [0.25, 0.3) is 0 Å². The largest absolute Gasteiger partial charge is 0.508 e. The van der Waals surface area contributed by atoms with Crippen molar-refractivity contribution < 1.29 is 20.2 Å². The van der Waals surface area contributed by atoms with E-state index in [0.717, 1.165) is 11.3 Å². The minimum atomic E-state index is -0.133. The first-order valence-corrected chi connectivity index (χ1v) is 6.00. The van der Waals surface area contributed by atoms with Gasteiger partial charge in [-0.2, -0.15) is 0 Å². The summed E-state index contributed by atoms with van der Waals surface area (Å²) in [4.78, 5) is 0. The monoisotopic (exact) mass is 273 g/mol. The number of phenols is 2. The van der Waals surface area contributed by atoms with Crippen molar-refractivity contribution in [3.63, 3.8) is 0 Å². The van der Waals surface area contributed by atoms with Crippen LogP contribution in [0.3, 0.4) is 0 Å². The molecule has 0 atom stereocenters. The van der Waals surface area contributed by atoms with Crippen LogP contribution in [-0.2, 0) is 6.42 Å². The summed E-state index contributed by atoms with van der Waals surface area (Å²) in [5, 5.41) is 31.4. The Balaban J connectivity index is 2.24. The van der Waals surface area contributed by atoms with Gasteiger partial charge in [-0.15, -0.1) is 0 Å². The Hall–Kier alpha value is -2.69. The molecule has 2 aromatic rings. The predicted molar refractivity (Wildman–Crippen MR) is 74.8 cm³/mol. The SMILES string of the molecule is COc1ccc(C/C(=N\O)c2ccc(O)cc2O)cc1. The molecule has 104 valence electrons. The first-order chi connectivity index (χ1) is 9.63. The number of hydrogen-bond donors (Lipinski definition) is 3. The molecule has 2 rings (SSSR count). The van der Waals surface area contributed by atoms with E-state index in [1.807, 2.05) is 12.1 Å². The number of nitrogens with zero attached hydrogens (tertiary/aromatic N) is 1. The molecule has 0 bridgehead atoms. The third-order valence-electron chi connectivity index (χ3n) is 2.94. The summed E-state index contributed by atoms with van der Waals surface area (Å²) in [5.74, 6) is 0.558. The van der Waals surface area contributed by atoms with Crippen molar-refractivity contribution in [1.82, 2.24) is 0 Å². The van der Waals surface area contributed by atoms with Crippen LogP contribution in [0, 0.1) is 0 Å². The Morgan fingerprint density at radius 1 is 1.10 bits per heavy atom. The summed E-state index contributed by atoms with van der Waals surface area (Å²) in [6.07, 6.45) is 0.346. The van der Waals surface area contributed by atoms with Crippen molar-refractivity contribution in [2.45, 2.75) is 6.42 Å². The lowest BCUT2D eigenvalue weighted by Gasteiger charge is -2.08. The lowest BCUT2D eigenvalue weighted by atomic mass is 10.0. The molecular formula is C15H15NO4. The third kappa shape index (κ3) is 3.00. The third-order valence-corrected chi connectivity index (χ3v) is 2.94. The number of phenolic OH excluding ortho intramolecular Hbond substituents is 2. The zero-order chi connectivity index (χ0) is 14.5. The second-order valence-electron chi connectivity index (χ2n) is 4.27. The summed E-state index contributed by atoms with van der Waals surface area (Å²) in [6.45, 7) is 0. The predicted octanol–water partition coefficient (Wildman–Crippen LogP) is 2.53. The molecule has 5 heteroatoms. The molecule has 0 saturated carbocycles. The fourth-order valence-corrected chi connectivity index (χ4v) is 1.89. The molecule has 0 fully saturated rings. The molecule has 20 heavy (non-hydrogen) atoms. The highest BCUT2D eigenvalue weighted by Gasteiger charge is 2.11. The van der Waals surface area contributed by atoms with E-state index in [2.05, 4.69) is 5.16 Å². The standard InChI is InChI=1S/C15H15NO4/c1-20-12-5-2-10(3-6-12)8-14(16-19)13-7-4-11(17)9-15(13)18/h2-7,9,17-19H,8H2,1H3/b16-14+. The minimum Gasteiger partial charge on any atom is -0.508 e. The van der Waals surface area contributed by atoms with E-state index in [-0.39, 0.29) is 11.5 Å². The summed E-state index contributed by atoms with van der Waals surface area (Å²) in [6, 6.07) is 11.4. The van der Waals surface area contributed by atoms with Gasteiger partial charge in [-0.25, -0.2) is 0 Å². The number of benzene rings is 2. The van der Waals surface area contributed by atoms with Gasteiger partial charge in [0.25, 0.3) is 0 Å². The lowest BCUT2D eigenvalue weighted by Crippen LogP contribution is -2.05. The fraction of sp³-hybridized carbons (Fsp3) is 0.133. The Kier molecular flexibility index (Phi) is 4.10. The van der Waals surface area contributed by atoms with Crippen LogP contribution in [0.4, 0.5) is 0 Å². The van der Waals surface area contributed by atoms with E-state index in [1.54, 1.807) is 19.2 Å². The van der Waals surface area contributed by atoms with Gasteiger partial charge < -0.3 is 20.2 Å². The highest BCUT2D eigenvalue weighted by molar-refractivity contribution is 6.03. The normalized spacial score (nSPS) is 11.3. The molecule has 0 radical (unpaired) electrons. The van der Waals surface area contributed by atoms with Gasteiger partial charge >= 0.3 is 0 Å². The van der Waals surface area contributed by atoms with Crippen LogP contribution in [0.2, 0.25) is 0 Å². The van der Waals surface area contributed by atoms with Crippen molar-refractivity contribution in [3.8, 4) is 17.2 Å². The second kappa shape index (κ2) is 5.97. The van der Waals surface area contributed by atoms with Gasteiger partial charge in [0.15, 0.2) is 0 Å². The van der Waals surface area contributed by atoms with Crippen LogP contribution in [0.1, 0.15) is 11.1 Å². The van der Waals surface area contributed by atoms with Crippen LogP contribution in [0.5, 0.6) is 17.2 Å². The van der Waals surface area contributed by atoms with Crippen molar-refractivity contribution in [1.29, 1.82) is 0 Å². The molecule has 0 unspecified atom stereocenters. The maximum Gasteiger partial charge on any atom is 0.128 e. The topological polar surface area (TPSA) is 82.3 Å². The number of methoxy groups -OCH3 is 1. The summed E-state index contributed by atoms with van der Waals surface area (Å²) in [7, 11) is 1.59. The number of rotatable bonds is 4. The smallest absolute Gasteiger partial charge is 0.128 e. The minimum absolute atomic E-state index is 0.0482. The molecule has 0 aliphatic carbocycles. The highest BCUT2D eigenvalue weighted by Crippen LogP contribution is 2.24. The number of aromatic hydroxyl groups is 2. The summed E-state index contributed by atoms with van der Waals surface area (Å²) < 4.78 is 5.07. The van der Waals surface area contributed by atoms with Crippen molar-refractivity contribution >= 4 is 5.71 Å². The summed E-state index contributed by atoms with van der Waals surface area (Å²) >= 11 is 0. The van der Waals surface area contributed by atoms with Gasteiger partial charge in [-0.1, -0.05) is 17.3 Å². The van der Waals surface area contributed by atoms with E-state index >= 15 is 0 Å². The van der Waals surface area contributed by atoms with Gasteiger partial charge in [0.2, 0.25) is 0 Å². The van der Waals surface area contributed by atoms with Gasteiger partial charge in [0.1, 0.15) is 17.2 Å². The maximum atomic E-state index is 9.78. The maximum absolute atomic E-state index is 9.78. The summed E-state index contributed by atoms with van der Waals surface area (Å²) in [5.41, 5.74) is 1.60. The van der Waals surface area contributed by atoms with Gasteiger partial charge in [-0.3, -0.25) is 0 Å². The number of oxime groups is 1. The van der Waals surface area contributed by atoms with Gasteiger partial charge in [-0.05, 0) is 29.8 Å². The molecule has 0 amide bonds.